The van der Waals surface area contributed by atoms with Crippen LogP contribution >= 0.6 is 0 Å². The number of amides is 1. The highest BCUT2D eigenvalue weighted by atomic mass is 16.2. The van der Waals surface area contributed by atoms with Gasteiger partial charge in [-0.2, -0.15) is 0 Å². The summed E-state index contributed by atoms with van der Waals surface area (Å²) >= 11 is 0. The van der Waals surface area contributed by atoms with E-state index in [-0.39, 0.29) is 5.91 Å². The molecule has 1 heterocycles. The molecule has 0 aromatic heterocycles. The van der Waals surface area contributed by atoms with Crippen LogP contribution in [-0.4, -0.2) is 38.0 Å². The first kappa shape index (κ1) is 15.7. The molecule has 0 unspecified atom stereocenters. The van der Waals surface area contributed by atoms with Gasteiger partial charge in [0, 0.05) is 19.7 Å². The van der Waals surface area contributed by atoms with E-state index in [1.165, 1.54) is 5.57 Å². The average Bonchev–Trinajstić information content (AvgIpc) is 2.43. The van der Waals surface area contributed by atoms with E-state index in [0.717, 1.165) is 37.1 Å². The van der Waals surface area contributed by atoms with E-state index in [2.05, 4.69) is 18.8 Å². The summed E-state index contributed by atoms with van der Waals surface area (Å²) in [5, 5.41) is 3.36. The molecule has 1 amide bonds. The van der Waals surface area contributed by atoms with Gasteiger partial charge in [-0.05, 0) is 62.9 Å². The van der Waals surface area contributed by atoms with Crippen molar-refractivity contribution >= 4 is 5.91 Å². The van der Waals surface area contributed by atoms with Crippen molar-refractivity contribution in [3.8, 4) is 0 Å². The average molecular weight is 262 g/mol. The van der Waals surface area contributed by atoms with Crippen LogP contribution in [0.15, 0.2) is 35.5 Å². The molecule has 3 nitrogen and oxygen atoms in total. The summed E-state index contributed by atoms with van der Waals surface area (Å²) < 4.78 is 0. The lowest BCUT2D eigenvalue weighted by Gasteiger charge is -2.25. The monoisotopic (exact) mass is 262 g/mol. The van der Waals surface area contributed by atoms with Crippen LogP contribution in [0.3, 0.4) is 0 Å². The van der Waals surface area contributed by atoms with Gasteiger partial charge in [-0.1, -0.05) is 12.7 Å². The van der Waals surface area contributed by atoms with Crippen LogP contribution in [0.25, 0.3) is 0 Å². The highest BCUT2D eigenvalue weighted by molar-refractivity contribution is 5.96. The summed E-state index contributed by atoms with van der Waals surface area (Å²) in [6.45, 7) is 10.3. The number of carbonyl (C=O) groups is 1. The molecule has 0 aliphatic carbocycles. The van der Waals surface area contributed by atoms with Gasteiger partial charge in [0.05, 0.1) is 0 Å². The molecule has 3 heteroatoms. The third kappa shape index (κ3) is 4.35. The number of carbonyl (C=O) groups excluding carboxylic acids is 1. The van der Waals surface area contributed by atoms with E-state index < -0.39 is 0 Å². The second-order valence-electron chi connectivity index (χ2n) is 5.32. The van der Waals surface area contributed by atoms with E-state index in [1.54, 1.807) is 19.0 Å². The van der Waals surface area contributed by atoms with Gasteiger partial charge in [0.25, 0.3) is 5.91 Å². The largest absolute Gasteiger partial charge is 0.345 e. The van der Waals surface area contributed by atoms with Crippen LogP contribution in [0, 0.1) is 5.92 Å². The zero-order valence-corrected chi connectivity index (χ0v) is 12.6. The standard InChI is InChI=1S/C16H26N2O/c1-6-14(16(19)18(4)5)11-12(2)13(3)15-7-9-17-10-8-15/h6,11,15,17H,3,7-10H2,1-2,4-5H3/b12-11-,14-6+. The molecule has 106 valence electrons. The number of allylic oxidation sites excluding steroid dienone is 3. The summed E-state index contributed by atoms with van der Waals surface area (Å²) in [5.41, 5.74) is 3.03. The molecule has 1 aliphatic rings. The number of piperidine rings is 1. The molecular formula is C16H26N2O. The van der Waals surface area contributed by atoms with Crippen LogP contribution in [0.1, 0.15) is 26.7 Å². The van der Waals surface area contributed by atoms with Crippen molar-refractivity contribution in [1.82, 2.24) is 10.2 Å². The molecule has 0 bridgehead atoms. The maximum absolute atomic E-state index is 12.0. The summed E-state index contributed by atoms with van der Waals surface area (Å²) in [5.74, 6) is 0.588. The first-order valence-electron chi connectivity index (χ1n) is 6.93. The third-order valence-corrected chi connectivity index (χ3v) is 3.67. The van der Waals surface area contributed by atoms with Gasteiger partial charge in [-0.3, -0.25) is 4.79 Å². The van der Waals surface area contributed by atoms with Crippen LogP contribution in [0.2, 0.25) is 0 Å². The molecule has 1 N–H and O–H groups in total. The normalized spacial score (nSPS) is 18.3. The summed E-state index contributed by atoms with van der Waals surface area (Å²) in [6.07, 6.45) is 6.10. The second kappa shape index (κ2) is 7.29. The highest BCUT2D eigenvalue weighted by Gasteiger charge is 2.18. The zero-order valence-electron chi connectivity index (χ0n) is 12.6. The Hall–Kier alpha value is -1.35. The van der Waals surface area contributed by atoms with Gasteiger partial charge in [0.15, 0.2) is 0 Å². The van der Waals surface area contributed by atoms with E-state index in [1.807, 2.05) is 19.1 Å². The van der Waals surface area contributed by atoms with E-state index in [0.29, 0.717) is 5.92 Å². The molecule has 1 aliphatic heterocycles. The molecule has 0 aromatic carbocycles. The molecule has 1 saturated heterocycles. The molecule has 1 rings (SSSR count). The molecule has 0 atom stereocenters. The lowest BCUT2D eigenvalue weighted by molar-refractivity contribution is -0.124. The molecule has 19 heavy (non-hydrogen) atoms. The predicted molar refractivity (Wildman–Crippen MR) is 80.9 cm³/mol. The van der Waals surface area contributed by atoms with Gasteiger partial charge < -0.3 is 10.2 Å². The van der Waals surface area contributed by atoms with Gasteiger partial charge in [-0.25, -0.2) is 0 Å². The Labute approximate surface area is 117 Å². The number of nitrogens with one attached hydrogen (secondary N) is 1. The fourth-order valence-corrected chi connectivity index (χ4v) is 2.35. The molecule has 0 aromatic rings. The van der Waals surface area contributed by atoms with Crippen LogP contribution in [0.4, 0.5) is 0 Å². The minimum atomic E-state index is 0.0416. The minimum absolute atomic E-state index is 0.0416. The lowest BCUT2D eigenvalue weighted by atomic mass is 9.86. The predicted octanol–water partition coefficient (Wildman–Crippen LogP) is 2.52. The first-order chi connectivity index (χ1) is 8.97. The Morgan fingerprint density at radius 2 is 1.89 bits per heavy atom. The minimum Gasteiger partial charge on any atom is -0.345 e. The third-order valence-electron chi connectivity index (χ3n) is 3.67. The summed E-state index contributed by atoms with van der Waals surface area (Å²) in [6, 6.07) is 0. The number of likely N-dealkylation sites (N-methyl/N-ethyl adjacent to an activating group) is 1. The quantitative estimate of drug-likeness (QED) is 0.624. The van der Waals surface area contributed by atoms with E-state index in [9.17, 15) is 4.79 Å². The van der Waals surface area contributed by atoms with Crippen molar-refractivity contribution in [3.05, 3.63) is 35.5 Å². The van der Waals surface area contributed by atoms with Crippen molar-refractivity contribution in [2.45, 2.75) is 26.7 Å². The van der Waals surface area contributed by atoms with Crippen molar-refractivity contribution in [2.75, 3.05) is 27.2 Å². The van der Waals surface area contributed by atoms with Crippen molar-refractivity contribution in [1.29, 1.82) is 0 Å². The molecule has 0 spiro atoms. The number of nitrogens with zero attached hydrogens (tertiary/aromatic N) is 1. The highest BCUT2D eigenvalue weighted by Crippen LogP contribution is 2.26. The second-order valence-corrected chi connectivity index (χ2v) is 5.32. The zero-order chi connectivity index (χ0) is 14.4. The Kier molecular flexibility index (Phi) is 6.03. The van der Waals surface area contributed by atoms with E-state index in [4.69, 9.17) is 0 Å². The van der Waals surface area contributed by atoms with Crippen molar-refractivity contribution in [3.63, 3.8) is 0 Å². The molecular weight excluding hydrogens is 236 g/mol. The van der Waals surface area contributed by atoms with Gasteiger partial charge >= 0.3 is 0 Å². The maximum atomic E-state index is 12.0. The number of hydrogen-bond donors (Lipinski definition) is 1. The van der Waals surface area contributed by atoms with E-state index >= 15 is 0 Å². The molecule has 0 saturated carbocycles. The number of hydrogen-bond acceptors (Lipinski definition) is 2. The fourth-order valence-electron chi connectivity index (χ4n) is 2.35. The molecule has 0 radical (unpaired) electrons. The Bertz CT molecular complexity index is 399. The van der Waals surface area contributed by atoms with Gasteiger partial charge in [-0.15, -0.1) is 0 Å². The van der Waals surface area contributed by atoms with Crippen LogP contribution in [-0.2, 0) is 4.79 Å². The smallest absolute Gasteiger partial charge is 0.253 e. The van der Waals surface area contributed by atoms with Crippen molar-refractivity contribution < 1.29 is 4.79 Å². The Balaban J connectivity index is 2.79. The first-order valence-corrected chi connectivity index (χ1v) is 6.93. The van der Waals surface area contributed by atoms with Crippen LogP contribution < -0.4 is 5.32 Å². The topological polar surface area (TPSA) is 32.3 Å². The van der Waals surface area contributed by atoms with Crippen molar-refractivity contribution in [2.24, 2.45) is 5.92 Å². The fraction of sp³-hybridized carbons (Fsp3) is 0.562. The maximum Gasteiger partial charge on any atom is 0.253 e. The van der Waals surface area contributed by atoms with Gasteiger partial charge in [0.2, 0.25) is 0 Å². The Morgan fingerprint density at radius 3 is 2.37 bits per heavy atom. The summed E-state index contributed by atoms with van der Waals surface area (Å²) in [4.78, 5) is 13.6. The number of rotatable bonds is 4. The lowest BCUT2D eigenvalue weighted by Crippen LogP contribution is -2.28. The molecule has 1 fully saturated rings. The summed E-state index contributed by atoms with van der Waals surface area (Å²) in [7, 11) is 3.55. The van der Waals surface area contributed by atoms with Crippen LogP contribution in [0.5, 0.6) is 0 Å². The van der Waals surface area contributed by atoms with Gasteiger partial charge in [0.1, 0.15) is 0 Å². The Morgan fingerprint density at radius 1 is 1.32 bits per heavy atom. The SMILES string of the molecule is C=C(/C(C)=C\C(=C/C)C(=O)N(C)C)C1CCNCC1.